The summed E-state index contributed by atoms with van der Waals surface area (Å²) in [5.41, 5.74) is 7.27. The minimum Gasteiger partial charge on any atom is -0.495 e. The summed E-state index contributed by atoms with van der Waals surface area (Å²) in [5.74, 6) is 1.20. The number of benzene rings is 1. The van der Waals surface area contributed by atoms with Crippen LogP contribution < -0.4 is 10.5 Å². The van der Waals surface area contributed by atoms with E-state index in [4.69, 9.17) is 22.1 Å². The molecule has 0 spiro atoms. The quantitative estimate of drug-likeness (QED) is 0.930. The van der Waals surface area contributed by atoms with E-state index in [0.29, 0.717) is 36.1 Å². The first kappa shape index (κ1) is 16.1. The topological polar surface area (TPSA) is 55.6 Å². The molecular formula is C16H23ClN2O2. The third-order valence-electron chi connectivity index (χ3n) is 3.83. The molecule has 2 rings (SSSR count). The summed E-state index contributed by atoms with van der Waals surface area (Å²) in [6.45, 7) is 4.91. The molecule has 1 fully saturated rings. The van der Waals surface area contributed by atoms with Crippen molar-refractivity contribution in [3.05, 3.63) is 28.8 Å². The number of hydrogen-bond donors (Lipinski definition) is 1. The third kappa shape index (κ3) is 3.50. The summed E-state index contributed by atoms with van der Waals surface area (Å²) >= 11 is 6.22. The van der Waals surface area contributed by atoms with Crippen molar-refractivity contribution in [3.63, 3.8) is 0 Å². The van der Waals surface area contributed by atoms with E-state index in [1.807, 2.05) is 23.1 Å². The van der Waals surface area contributed by atoms with Crippen LogP contribution in [0.15, 0.2) is 18.2 Å². The van der Waals surface area contributed by atoms with Crippen molar-refractivity contribution in [1.29, 1.82) is 0 Å². The Morgan fingerprint density at radius 3 is 2.76 bits per heavy atom. The van der Waals surface area contributed by atoms with Crippen LogP contribution in [-0.4, -0.2) is 30.5 Å². The Hall–Kier alpha value is -1.26. The standard InChI is InChI=1S/C16H23ClN2O2/c1-10(2)9-19-15(20)7-5-13(18)16(19)11-4-6-14(21-3)12(17)8-11/h4,6,8,10,13,16H,5,7,9,18H2,1-3H3. The van der Waals surface area contributed by atoms with Gasteiger partial charge in [0.2, 0.25) is 5.91 Å². The van der Waals surface area contributed by atoms with E-state index in [1.165, 1.54) is 0 Å². The van der Waals surface area contributed by atoms with Gasteiger partial charge >= 0.3 is 0 Å². The molecule has 1 aromatic carbocycles. The van der Waals surface area contributed by atoms with Gasteiger partial charge in [0, 0.05) is 19.0 Å². The molecule has 5 heteroatoms. The fourth-order valence-electron chi connectivity index (χ4n) is 2.88. The second-order valence-electron chi connectivity index (χ2n) is 5.98. The number of carbonyl (C=O) groups excluding carboxylic acids is 1. The first-order chi connectivity index (χ1) is 9.93. The molecule has 0 radical (unpaired) electrons. The average Bonchev–Trinajstić information content (AvgIpc) is 2.42. The number of amides is 1. The summed E-state index contributed by atoms with van der Waals surface area (Å²) in [4.78, 5) is 14.2. The normalized spacial score (nSPS) is 22.8. The second kappa shape index (κ2) is 6.67. The molecular weight excluding hydrogens is 288 g/mol. The average molecular weight is 311 g/mol. The van der Waals surface area contributed by atoms with Crippen LogP contribution in [0.2, 0.25) is 5.02 Å². The molecule has 2 N–H and O–H groups in total. The van der Waals surface area contributed by atoms with Gasteiger partial charge in [0.05, 0.1) is 18.2 Å². The number of halogens is 1. The first-order valence-electron chi connectivity index (χ1n) is 7.32. The Morgan fingerprint density at radius 1 is 1.48 bits per heavy atom. The number of hydrogen-bond acceptors (Lipinski definition) is 3. The van der Waals surface area contributed by atoms with Crippen LogP contribution in [-0.2, 0) is 4.79 Å². The van der Waals surface area contributed by atoms with Crippen LogP contribution in [0.1, 0.15) is 38.3 Å². The Morgan fingerprint density at radius 2 is 2.19 bits per heavy atom. The predicted molar refractivity (Wildman–Crippen MR) is 84.5 cm³/mol. The number of likely N-dealkylation sites (tertiary alicyclic amines) is 1. The van der Waals surface area contributed by atoms with Crippen LogP contribution in [0.4, 0.5) is 0 Å². The van der Waals surface area contributed by atoms with E-state index < -0.39 is 0 Å². The Labute approximate surface area is 131 Å². The molecule has 1 heterocycles. The van der Waals surface area contributed by atoms with Crippen LogP contribution in [0.3, 0.4) is 0 Å². The van der Waals surface area contributed by atoms with E-state index in [0.717, 1.165) is 5.56 Å². The van der Waals surface area contributed by atoms with Crippen molar-refractivity contribution in [2.24, 2.45) is 11.7 Å². The van der Waals surface area contributed by atoms with E-state index in [-0.39, 0.29) is 18.0 Å². The van der Waals surface area contributed by atoms with Crippen LogP contribution in [0.25, 0.3) is 0 Å². The predicted octanol–water partition coefficient (Wildman–Crippen LogP) is 3.00. The van der Waals surface area contributed by atoms with Gasteiger partial charge in [-0.2, -0.15) is 0 Å². The molecule has 2 unspecified atom stereocenters. The lowest BCUT2D eigenvalue weighted by atomic mass is 9.89. The minimum absolute atomic E-state index is 0.0640. The fraction of sp³-hybridized carbons (Fsp3) is 0.562. The molecule has 1 aliphatic rings. The summed E-state index contributed by atoms with van der Waals surface area (Å²) in [5, 5.41) is 0.546. The van der Waals surface area contributed by atoms with Gasteiger partial charge in [0.25, 0.3) is 0 Å². The van der Waals surface area contributed by atoms with E-state index in [9.17, 15) is 4.79 Å². The second-order valence-corrected chi connectivity index (χ2v) is 6.39. The highest BCUT2D eigenvalue weighted by atomic mass is 35.5. The van der Waals surface area contributed by atoms with Crippen molar-refractivity contribution in [3.8, 4) is 5.75 Å². The van der Waals surface area contributed by atoms with Gasteiger partial charge in [0.15, 0.2) is 0 Å². The molecule has 0 aliphatic carbocycles. The zero-order valence-corrected chi connectivity index (χ0v) is 13.6. The fourth-order valence-corrected chi connectivity index (χ4v) is 3.15. The Bertz CT molecular complexity index is 519. The number of carbonyl (C=O) groups is 1. The monoisotopic (exact) mass is 310 g/mol. The van der Waals surface area contributed by atoms with Crippen molar-refractivity contribution < 1.29 is 9.53 Å². The van der Waals surface area contributed by atoms with Crippen molar-refractivity contribution in [2.45, 2.75) is 38.8 Å². The molecule has 1 amide bonds. The molecule has 1 aliphatic heterocycles. The molecule has 0 bridgehead atoms. The van der Waals surface area contributed by atoms with Gasteiger partial charge in [-0.05, 0) is 30.0 Å². The summed E-state index contributed by atoms with van der Waals surface area (Å²) in [6.07, 6.45) is 1.23. The third-order valence-corrected chi connectivity index (χ3v) is 4.13. The van der Waals surface area contributed by atoms with Crippen molar-refractivity contribution in [1.82, 2.24) is 4.90 Å². The zero-order valence-electron chi connectivity index (χ0n) is 12.8. The van der Waals surface area contributed by atoms with Gasteiger partial charge in [-0.3, -0.25) is 4.79 Å². The molecule has 21 heavy (non-hydrogen) atoms. The molecule has 0 saturated carbocycles. The molecule has 116 valence electrons. The number of rotatable bonds is 4. The number of methoxy groups -OCH3 is 1. The lowest BCUT2D eigenvalue weighted by Gasteiger charge is -2.41. The van der Waals surface area contributed by atoms with Crippen LogP contribution in [0.5, 0.6) is 5.75 Å². The lowest BCUT2D eigenvalue weighted by Crippen LogP contribution is -2.49. The number of ether oxygens (including phenoxy) is 1. The van der Waals surface area contributed by atoms with Crippen LogP contribution in [0, 0.1) is 5.92 Å². The van der Waals surface area contributed by atoms with E-state index in [2.05, 4.69) is 13.8 Å². The Kier molecular flexibility index (Phi) is 5.12. The maximum atomic E-state index is 12.3. The summed E-state index contributed by atoms with van der Waals surface area (Å²) in [6, 6.07) is 5.46. The lowest BCUT2D eigenvalue weighted by molar-refractivity contribution is -0.138. The highest BCUT2D eigenvalue weighted by Gasteiger charge is 2.35. The summed E-state index contributed by atoms with van der Waals surface area (Å²) in [7, 11) is 1.59. The molecule has 1 aromatic rings. The number of nitrogens with two attached hydrogens (primary N) is 1. The molecule has 4 nitrogen and oxygen atoms in total. The number of piperidine rings is 1. The van der Waals surface area contributed by atoms with Crippen molar-refractivity contribution >= 4 is 17.5 Å². The SMILES string of the molecule is COc1ccc(C2C(N)CCC(=O)N2CC(C)C)cc1Cl. The maximum Gasteiger partial charge on any atom is 0.223 e. The van der Waals surface area contributed by atoms with Crippen LogP contribution >= 0.6 is 11.6 Å². The minimum atomic E-state index is -0.114. The first-order valence-corrected chi connectivity index (χ1v) is 7.70. The Balaban J connectivity index is 2.35. The molecule has 0 aromatic heterocycles. The van der Waals surface area contributed by atoms with Gasteiger partial charge in [-0.1, -0.05) is 31.5 Å². The molecule has 1 saturated heterocycles. The maximum absolute atomic E-state index is 12.3. The number of nitrogens with zero attached hydrogens (tertiary/aromatic N) is 1. The van der Waals surface area contributed by atoms with Gasteiger partial charge < -0.3 is 15.4 Å². The molecule has 2 atom stereocenters. The largest absolute Gasteiger partial charge is 0.495 e. The summed E-state index contributed by atoms with van der Waals surface area (Å²) < 4.78 is 5.18. The van der Waals surface area contributed by atoms with Gasteiger partial charge in [-0.15, -0.1) is 0 Å². The van der Waals surface area contributed by atoms with E-state index >= 15 is 0 Å². The smallest absolute Gasteiger partial charge is 0.223 e. The highest BCUT2D eigenvalue weighted by Crippen LogP contribution is 2.35. The van der Waals surface area contributed by atoms with Gasteiger partial charge in [-0.25, -0.2) is 0 Å². The van der Waals surface area contributed by atoms with Gasteiger partial charge in [0.1, 0.15) is 5.75 Å². The highest BCUT2D eigenvalue weighted by molar-refractivity contribution is 6.32. The van der Waals surface area contributed by atoms with Crippen molar-refractivity contribution in [2.75, 3.05) is 13.7 Å². The zero-order chi connectivity index (χ0) is 15.6. The van der Waals surface area contributed by atoms with E-state index in [1.54, 1.807) is 7.11 Å².